The molecule has 174 valence electrons. The molecule has 2 aromatic heterocycles. The molecule has 0 saturated carbocycles. The van der Waals surface area contributed by atoms with E-state index in [4.69, 9.17) is 16.1 Å². The fourth-order valence-corrected chi connectivity index (χ4v) is 4.93. The molecule has 2 heterocycles. The normalized spacial score (nSPS) is 10.8. The zero-order valence-corrected chi connectivity index (χ0v) is 20.5. The Morgan fingerprint density at radius 3 is 2.65 bits per heavy atom. The smallest absolute Gasteiger partial charge is 0.263 e. The van der Waals surface area contributed by atoms with Gasteiger partial charge in [-0.2, -0.15) is 0 Å². The summed E-state index contributed by atoms with van der Waals surface area (Å²) in [6, 6.07) is 17.0. The number of nitrogens with one attached hydrogen (secondary N) is 2. The van der Waals surface area contributed by atoms with Crippen LogP contribution in [0.5, 0.6) is 0 Å². The molecule has 4 aromatic rings. The molecule has 11 heteroatoms. The van der Waals surface area contributed by atoms with Crippen LogP contribution >= 0.6 is 34.7 Å². The van der Waals surface area contributed by atoms with Crippen molar-refractivity contribution in [2.45, 2.75) is 17.7 Å². The first kappa shape index (κ1) is 23.9. The second kappa shape index (κ2) is 11.3. The summed E-state index contributed by atoms with van der Waals surface area (Å²) >= 11 is 8.70. The van der Waals surface area contributed by atoms with Crippen LogP contribution in [0.4, 0.5) is 5.13 Å². The van der Waals surface area contributed by atoms with Gasteiger partial charge in [-0.15, -0.1) is 10.2 Å². The number of aryl methyl sites for hydroxylation is 1. The van der Waals surface area contributed by atoms with Crippen molar-refractivity contribution in [1.29, 1.82) is 0 Å². The fraction of sp³-hybridized carbons (Fsp3) is 0.174. The van der Waals surface area contributed by atoms with E-state index in [1.165, 1.54) is 28.7 Å². The molecule has 0 atom stereocenters. The minimum atomic E-state index is -0.431. The Hall–Kier alpha value is -3.21. The van der Waals surface area contributed by atoms with Crippen LogP contribution in [-0.2, 0) is 11.2 Å². The van der Waals surface area contributed by atoms with E-state index in [1.807, 2.05) is 30.3 Å². The molecule has 0 saturated heterocycles. The number of hydrogen-bond acceptors (Lipinski definition) is 8. The van der Waals surface area contributed by atoms with Gasteiger partial charge >= 0.3 is 0 Å². The number of aromatic nitrogens is 3. The second-order valence-electron chi connectivity index (χ2n) is 7.14. The number of amides is 2. The predicted molar refractivity (Wildman–Crippen MR) is 133 cm³/mol. The van der Waals surface area contributed by atoms with E-state index in [0.717, 1.165) is 6.42 Å². The maximum Gasteiger partial charge on any atom is 0.263 e. The van der Waals surface area contributed by atoms with Gasteiger partial charge < -0.3 is 9.84 Å². The molecule has 0 radical (unpaired) electrons. The third-order valence-electron chi connectivity index (χ3n) is 4.75. The van der Waals surface area contributed by atoms with Gasteiger partial charge in [-0.05, 0) is 25.0 Å². The fourth-order valence-electron chi connectivity index (χ4n) is 3.12. The summed E-state index contributed by atoms with van der Waals surface area (Å²) in [5, 5.41) is 18.4. The van der Waals surface area contributed by atoms with Crippen LogP contribution in [0.15, 0.2) is 63.5 Å². The summed E-state index contributed by atoms with van der Waals surface area (Å²) in [5.41, 5.74) is 2.39. The Balaban J connectivity index is 1.31. The first-order chi connectivity index (χ1) is 16.5. The minimum absolute atomic E-state index is 0.0915. The summed E-state index contributed by atoms with van der Waals surface area (Å²) in [6.45, 7) is 2.22. The number of carbonyl (C=O) groups is 2. The Labute approximate surface area is 209 Å². The topological polar surface area (TPSA) is 110 Å². The van der Waals surface area contributed by atoms with Crippen molar-refractivity contribution in [3.63, 3.8) is 0 Å². The number of carbonyl (C=O) groups excluding carboxylic acids is 2. The lowest BCUT2D eigenvalue weighted by molar-refractivity contribution is -0.118. The van der Waals surface area contributed by atoms with Crippen molar-refractivity contribution in [2.75, 3.05) is 17.6 Å². The van der Waals surface area contributed by atoms with E-state index in [9.17, 15) is 9.59 Å². The molecule has 0 unspecified atom stereocenters. The Morgan fingerprint density at radius 2 is 1.85 bits per heavy atom. The van der Waals surface area contributed by atoms with Gasteiger partial charge in [0.25, 0.3) is 5.91 Å². The Bertz CT molecular complexity index is 1290. The molecule has 0 fully saturated rings. The van der Waals surface area contributed by atoms with Gasteiger partial charge in [0.2, 0.25) is 11.0 Å². The number of hydrogen-bond donors (Lipinski definition) is 2. The van der Waals surface area contributed by atoms with Crippen LogP contribution in [0.25, 0.3) is 11.3 Å². The van der Waals surface area contributed by atoms with Crippen LogP contribution in [0.2, 0.25) is 5.02 Å². The third kappa shape index (κ3) is 6.02. The van der Waals surface area contributed by atoms with Crippen molar-refractivity contribution in [1.82, 2.24) is 20.7 Å². The number of nitrogens with zero attached hydrogens (tertiary/aromatic N) is 3. The molecule has 0 bridgehead atoms. The van der Waals surface area contributed by atoms with Crippen molar-refractivity contribution in [3.05, 3.63) is 76.5 Å². The highest BCUT2D eigenvalue weighted by atomic mass is 35.5. The molecule has 2 amide bonds. The van der Waals surface area contributed by atoms with Gasteiger partial charge in [0.15, 0.2) is 4.34 Å². The average Bonchev–Trinajstić information content (AvgIpc) is 3.45. The molecular formula is C23H20ClN5O3S2. The van der Waals surface area contributed by atoms with E-state index in [0.29, 0.717) is 38.1 Å². The highest BCUT2D eigenvalue weighted by Crippen LogP contribution is 2.32. The number of halogens is 1. The van der Waals surface area contributed by atoms with E-state index in [2.05, 4.69) is 26.0 Å². The summed E-state index contributed by atoms with van der Waals surface area (Å²) in [7, 11) is 0. The Morgan fingerprint density at radius 1 is 1.09 bits per heavy atom. The molecule has 8 nitrogen and oxygen atoms in total. The largest absolute Gasteiger partial charge is 0.360 e. The van der Waals surface area contributed by atoms with Crippen molar-refractivity contribution < 1.29 is 14.1 Å². The van der Waals surface area contributed by atoms with E-state index < -0.39 is 5.91 Å². The molecule has 0 spiro atoms. The van der Waals surface area contributed by atoms with Crippen molar-refractivity contribution in [3.8, 4) is 11.3 Å². The summed E-state index contributed by atoms with van der Waals surface area (Å²) < 4.78 is 5.81. The van der Waals surface area contributed by atoms with Crippen LogP contribution in [0.3, 0.4) is 0 Å². The lowest BCUT2D eigenvalue weighted by Gasteiger charge is -2.04. The first-order valence-electron chi connectivity index (χ1n) is 10.3. The number of anilines is 1. The zero-order chi connectivity index (χ0) is 23.9. The van der Waals surface area contributed by atoms with Gasteiger partial charge in [0.05, 0.1) is 10.8 Å². The number of benzene rings is 2. The molecule has 2 aromatic carbocycles. The molecule has 34 heavy (non-hydrogen) atoms. The molecular weight excluding hydrogens is 494 g/mol. The van der Waals surface area contributed by atoms with Gasteiger partial charge in [0.1, 0.15) is 17.0 Å². The van der Waals surface area contributed by atoms with Gasteiger partial charge in [-0.3, -0.25) is 14.9 Å². The predicted octanol–water partition coefficient (Wildman–Crippen LogP) is 4.86. The van der Waals surface area contributed by atoms with E-state index in [1.54, 1.807) is 31.2 Å². The van der Waals surface area contributed by atoms with Crippen LogP contribution in [0, 0.1) is 6.92 Å². The Kier molecular flexibility index (Phi) is 7.94. The van der Waals surface area contributed by atoms with E-state index in [-0.39, 0.29) is 17.2 Å². The zero-order valence-electron chi connectivity index (χ0n) is 18.1. The highest BCUT2D eigenvalue weighted by Gasteiger charge is 2.24. The quantitative estimate of drug-likeness (QED) is 0.243. The van der Waals surface area contributed by atoms with Gasteiger partial charge in [-0.25, -0.2) is 0 Å². The second-order valence-corrected chi connectivity index (χ2v) is 9.75. The standard InChI is InChI=1S/C23H20ClN5O3S2/c1-14-19(20(29-32-14)16-9-5-6-10-17(16)24)21(31)26-22-27-28-23(34-22)33-13-18(30)25-12-11-15-7-3-2-4-8-15/h2-10H,11-13H2,1H3,(H,25,30)(H,26,27,31). The minimum Gasteiger partial charge on any atom is -0.360 e. The van der Waals surface area contributed by atoms with Crippen molar-refractivity contribution >= 4 is 51.6 Å². The number of thioether (sulfide) groups is 1. The van der Waals surface area contributed by atoms with Crippen molar-refractivity contribution in [2.24, 2.45) is 0 Å². The maximum atomic E-state index is 12.9. The monoisotopic (exact) mass is 513 g/mol. The lowest BCUT2D eigenvalue weighted by Crippen LogP contribution is -2.27. The van der Waals surface area contributed by atoms with Crippen LogP contribution in [0.1, 0.15) is 21.7 Å². The van der Waals surface area contributed by atoms with E-state index >= 15 is 0 Å². The maximum absolute atomic E-state index is 12.9. The molecule has 0 aliphatic carbocycles. The highest BCUT2D eigenvalue weighted by molar-refractivity contribution is 8.01. The lowest BCUT2D eigenvalue weighted by atomic mass is 10.1. The third-order valence-corrected chi connectivity index (χ3v) is 7.05. The SMILES string of the molecule is Cc1onc(-c2ccccc2Cl)c1C(=O)Nc1nnc(SCC(=O)NCCc2ccccc2)s1. The van der Waals surface area contributed by atoms with Crippen LogP contribution < -0.4 is 10.6 Å². The first-order valence-corrected chi connectivity index (χ1v) is 12.5. The number of rotatable bonds is 9. The molecule has 2 N–H and O–H groups in total. The summed E-state index contributed by atoms with van der Waals surface area (Å²) in [5.74, 6) is 0.0450. The molecule has 0 aliphatic heterocycles. The van der Waals surface area contributed by atoms with Crippen LogP contribution in [-0.4, -0.2) is 39.5 Å². The molecule has 0 aliphatic rings. The molecule has 4 rings (SSSR count). The summed E-state index contributed by atoms with van der Waals surface area (Å²) in [4.78, 5) is 25.0. The van der Waals surface area contributed by atoms with Gasteiger partial charge in [0, 0.05) is 12.1 Å². The average molecular weight is 514 g/mol. The van der Waals surface area contributed by atoms with Gasteiger partial charge in [-0.1, -0.05) is 88.4 Å². The summed E-state index contributed by atoms with van der Waals surface area (Å²) in [6.07, 6.45) is 0.769.